The van der Waals surface area contributed by atoms with E-state index in [1.54, 1.807) is 6.07 Å². The number of nitrogens with zero attached hydrogens (tertiary/aromatic N) is 1. The van der Waals surface area contributed by atoms with E-state index in [-0.39, 0.29) is 17.8 Å². The highest BCUT2D eigenvalue weighted by molar-refractivity contribution is 5.99. The van der Waals surface area contributed by atoms with Crippen LogP contribution in [0, 0.1) is 5.82 Å². The minimum atomic E-state index is -0.524. The maximum absolute atomic E-state index is 13.8. The average molecular weight is 281 g/mol. The molecule has 5 heteroatoms. The van der Waals surface area contributed by atoms with Gasteiger partial charge in [0.2, 0.25) is 0 Å². The highest BCUT2D eigenvalue weighted by Gasteiger charge is 2.22. The van der Waals surface area contributed by atoms with Gasteiger partial charge in [0, 0.05) is 25.6 Å². The quantitative estimate of drug-likeness (QED) is 0.775. The van der Waals surface area contributed by atoms with Crippen LogP contribution in [0.5, 0.6) is 5.75 Å². The number of halogens is 1. The van der Waals surface area contributed by atoms with Crippen LogP contribution in [0.4, 0.5) is 4.39 Å². The van der Waals surface area contributed by atoms with Crippen molar-refractivity contribution in [1.29, 1.82) is 0 Å². The normalized spacial score (nSPS) is 19.9. The molecule has 20 heavy (non-hydrogen) atoms. The summed E-state index contributed by atoms with van der Waals surface area (Å²) in [6, 6.07) is 4.72. The van der Waals surface area contributed by atoms with Gasteiger partial charge in [-0.05, 0) is 19.1 Å². The zero-order valence-electron chi connectivity index (χ0n) is 11.9. The van der Waals surface area contributed by atoms with E-state index in [0.29, 0.717) is 31.5 Å². The molecule has 1 aromatic rings. The first kappa shape index (κ1) is 14.9. The lowest BCUT2D eigenvalue weighted by Gasteiger charge is -2.32. The predicted molar refractivity (Wildman–Crippen MR) is 73.8 cm³/mol. The molecule has 1 atom stereocenters. The van der Waals surface area contributed by atoms with Crippen LogP contribution in [-0.4, -0.2) is 50.1 Å². The maximum Gasteiger partial charge on any atom is 0.170 e. The van der Waals surface area contributed by atoms with E-state index in [4.69, 9.17) is 9.47 Å². The number of carbonyl (C=O) groups is 1. The Balaban J connectivity index is 2.01. The number of hydrogen-bond acceptors (Lipinski definition) is 4. The van der Waals surface area contributed by atoms with Gasteiger partial charge >= 0.3 is 0 Å². The number of ketones is 1. The number of morpholine rings is 1. The van der Waals surface area contributed by atoms with Gasteiger partial charge < -0.3 is 9.47 Å². The van der Waals surface area contributed by atoms with Gasteiger partial charge in [0.05, 0.1) is 25.9 Å². The molecule has 2 rings (SSSR count). The monoisotopic (exact) mass is 281 g/mol. The molecule has 1 aliphatic rings. The third-order valence-electron chi connectivity index (χ3n) is 3.61. The van der Waals surface area contributed by atoms with E-state index in [1.807, 2.05) is 0 Å². The molecular formula is C15H20FNO3. The third-order valence-corrected chi connectivity index (χ3v) is 3.61. The van der Waals surface area contributed by atoms with E-state index >= 15 is 0 Å². The number of hydrogen-bond donors (Lipinski definition) is 0. The number of benzene rings is 1. The maximum atomic E-state index is 13.8. The van der Waals surface area contributed by atoms with Crippen molar-refractivity contribution in [1.82, 2.24) is 4.90 Å². The molecule has 0 aromatic heterocycles. The molecule has 4 nitrogen and oxygen atoms in total. The lowest BCUT2D eigenvalue weighted by molar-refractivity contribution is -0.000232. The van der Waals surface area contributed by atoms with E-state index in [1.165, 1.54) is 19.2 Å². The summed E-state index contributed by atoms with van der Waals surface area (Å²) < 4.78 is 24.2. The Kier molecular flexibility index (Phi) is 5.09. The summed E-state index contributed by atoms with van der Waals surface area (Å²) in [5.41, 5.74) is 0.0518. The van der Waals surface area contributed by atoms with Crippen molar-refractivity contribution in [3.63, 3.8) is 0 Å². The predicted octanol–water partition coefficient (Wildman–Crippen LogP) is 2.13. The highest BCUT2D eigenvalue weighted by Crippen LogP contribution is 2.23. The van der Waals surface area contributed by atoms with Crippen LogP contribution in [0.1, 0.15) is 23.7 Å². The molecule has 110 valence electrons. The summed E-state index contributed by atoms with van der Waals surface area (Å²) in [6.45, 7) is 4.84. The molecule has 0 aliphatic carbocycles. The number of Topliss-reactive ketones (excluding diaryl/α,β-unsaturated/α-hetero) is 1. The van der Waals surface area contributed by atoms with Crippen molar-refractivity contribution in [2.24, 2.45) is 0 Å². The Labute approximate surface area is 118 Å². The number of rotatable bonds is 5. The summed E-state index contributed by atoms with van der Waals surface area (Å²) in [5, 5.41) is 0. The Morgan fingerprint density at radius 1 is 1.55 bits per heavy atom. The first-order chi connectivity index (χ1) is 9.63. The fraction of sp³-hybridized carbons (Fsp3) is 0.533. The minimum Gasteiger partial charge on any atom is -0.496 e. The highest BCUT2D eigenvalue weighted by atomic mass is 19.1. The fourth-order valence-electron chi connectivity index (χ4n) is 2.41. The molecule has 1 aliphatic heterocycles. The molecule has 0 N–H and O–H groups in total. The Hall–Kier alpha value is -1.46. The number of carbonyl (C=O) groups excluding carboxylic acids is 1. The summed E-state index contributed by atoms with van der Waals surface area (Å²) in [4.78, 5) is 14.4. The summed E-state index contributed by atoms with van der Waals surface area (Å²) in [5.74, 6) is -0.451. The van der Waals surface area contributed by atoms with Crippen LogP contribution in [0.2, 0.25) is 0 Å². The summed E-state index contributed by atoms with van der Waals surface area (Å²) in [6.07, 6.45) is 0.279. The topological polar surface area (TPSA) is 38.8 Å². The Morgan fingerprint density at radius 2 is 2.35 bits per heavy atom. The van der Waals surface area contributed by atoms with Gasteiger partial charge in [-0.15, -0.1) is 0 Å². The van der Waals surface area contributed by atoms with Crippen LogP contribution in [0.3, 0.4) is 0 Å². The Morgan fingerprint density at radius 3 is 3.05 bits per heavy atom. The van der Waals surface area contributed by atoms with Crippen LogP contribution < -0.4 is 4.74 Å². The molecule has 0 saturated carbocycles. The average Bonchev–Trinajstić information content (AvgIpc) is 2.45. The molecule has 1 aromatic carbocycles. The van der Waals surface area contributed by atoms with Crippen LogP contribution >= 0.6 is 0 Å². The van der Waals surface area contributed by atoms with Gasteiger partial charge in [0.15, 0.2) is 5.78 Å². The second kappa shape index (κ2) is 6.81. The first-order valence-corrected chi connectivity index (χ1v) is 6.81. The standard InChI is InChI=1S/C15H20FNO3/c1-11-10-20-9-8-17(11)7-6-13(18)15-12(16)4-3-5-14(15)19-2/h3-5,11H,6-10H2,1-2H3. The fourth-order valence-corrected chi connectivity index (χ4v) is 2.41. The molecular weight excluding hydrogens is 261 g/mol. The van der Waals surface area contributed by atoms with E-state index in [2.05, 4.69) is 11.8 Å². The molecule has 0 amide bonds. The van der Waals surface area contributed by atoms with Gasteiger partial charge in [-0.3, -0.25) is 9.69 Å². The summed E-state index contributed by atoms with van der Waals surface area (Å²) >= 11 is 0. The minimum absolute atomic E-state index is 0.0518. The van der Waals surface area contributed by atoms with Gasteiger partial charge in [-0.25, -0.2) is 4.39 Å². The Bertz CT molecular complexity index is 478. The first-order valence-electron chi connectivity index (χ1n) is 6.81. The van der Waals surface area contributed by atoms with Gasteiger partial charge in [0.25, 0.3) is 0 Å². The smallest absolute Gasteiger partial charge is 0.170 e. The molecule has 1 unspecified atom stereocenters. The second-order valence-corrected chi connectivity index (χ2v) is 4.95. The van der Waals surface area contributed by atoms with E-state index in [0.717, 1.165) is 6.54 Å². The van der Waals surface area contributed by atoms with Crippen molar-refractivity contribution in [2.45, 2.75) is 19.4 Å². The molecule has 1 saturated heterocycles. The molecule has 0 bridgehead atoms. The molecule has 0 radical (unpaired) electrons. The summed E-state index contributed by atoms with van der Waals surface area (Å²) in [7, 11) is 1.44. The zero-order chi connectivity index (χ0) is 14.5. The zero-order valence-corrected chi connectivity index (χ0v) is 11.9. The van der Waals surface area contributed by atoms with Crippen molar-refractivity contribution < 1.29 is 18.7 Å². The van der Waals surface area contributed by atoms with E-state index < -0.39 is 5.82 Å². The van der Waals surface area contributed by atoms with Gasteiger partial charge in [0.1, 0.15) is 11.6 Å². The van der Waals surface area contributed by atoms with Crippen LogP contribution in [0.25, 0.3) is 0 Å². The van der Waals surface area contributed by atoms with Gasteiger partial charge in [-0.2, -0.15) is 0 Å². The molecule has 1 heterocycles. The van der Waals surface area contributed by atoms with Crippen molar-refractivity contribution in [2.75, 3.05) is 33.4 Å². The second-order valence-electron chi connectivity index (χ2n) is 4.95. The van der Waals surface area contributed by atoms with Crippen molar-refractivity contribution >= 4 is 5.78 Å². The molecule has 0 spiro atoms. The van der Waals surface area contributed by atoms with Crippen molar-refractivity contribution in [3.8, 4) is 5.75 Å². The lowest BCUT2D eigenvalue weighted by atomic mass is 10.1. The van der Waals surface area contributed by atoms with Crippen molar-refractivity contribution in [3.05, 3.63) is 29.6 Å². The SMILES string of the molecule is COc1cccc(F)c1C(=O)CCN1CCOCC1C. The van der Waals surface area contributed by atoms with E-state index in [9.17, 15) is 9.18 Å². The largest absolute Gasteiger partial charge is 0.496 e. The van der Waals surface area contributed by atoms with Crippen LogP contribution in [-0.2, 0) is 4.74 Å². The lowest BCUT2D eigenvalue weighted by Crippen LogP contribution is -2.44. The van der Waals surface area contributed by atoms with Gasteiger partial charge in [-0.1, -0.05) is 6.07 Å². The van der Waals surface area contributed by atoms with Crippen LogP contribution in [0.15, 0.2) is 18.2 Å². The number of ether oxygens (including phenoxy) is 2. The third kappa shape index (κ3) is 3.35. The molecule has 1 fully saturated rings. The number of methoxy groups -OCH3 is 1.